The van der Waals surface area contributed by atoms with E-state index >= 15 is 0 Å². The molecule has 3 rings (SSSR count). The maximum atomic E-state index is 13.7. The zero-order valence-corrected chi connectivity index (χ0v) is 14.9. The minimum absolute atomic E-state index is 0.102. The smallest absolute Gasteiger partial charge is 0.235 e. The van der Waals surface area contributed by atoms with Crippen molar-refractivity contribution < 1.29 is 22.3 Å². The molecule has 1 aromatic rings. The molecule has 1 N–H and O–H groups in total. The molecule has 1 amide bonds. The van der Waals surface area contributed by atoms with Gasteiger partial charge in [0.05, 0.1) is 12.3 Å². The van der Waals surface area contributed by atoms with E-state index in [9.17, 15) is 17.6 Å². The second-order valence-electron chi connectivity index (χ2n) is 6.68. The quantitative estimate of drug-likeness (QED) is 0.840. The summed E-state index contributed by atoms with van der Waals surface area (Å²) < 4.78 is 43.9. The van der Waals surface area contributed by atoms with E-state index in [1.165, 1.54) is 16.4 Å². The minimum Gasteiger partial charge on any atom is -0.381 e. The number of ether oxygens (including phenoxy) is 1. The van der Waals surface area contributed by atoms with Gasteiger partial charge in [-0.25, -0.2) is 12.8 Å². The van der Waals surface area contributed by atoms with Crippen molar-refractivity contribution in [3.8, 4) is 0 Å². The fourth-order valence-electron chi connectivity index (χ4n) is 3.50. The molecule has 6 nitrogen and oxygen atoms in total. The predicted molar refractivity (Wildman–Crippen MR) is 91.1 cm³/mol. The van der Waals surface area contributed by atoms with Gasteiger partial charge >= 0.3 is 0 Å². The number of nitrogens with zero attached hydrogens (tertiary/aromatic N) is 1. The van der Waals surface area contributed by atoms with Crippen molar-refractivity contribution in [2.45, 2.75) is 24.7 Å². The first-order chi connectivity index (χ1) is 11.9. The van der Waals surface area contributed by atoms with E-state index in [0.717, 1.165) is 5.56 Å². The maximum absolute atomic E-state index is 13.7. The van der Waals surface area contributed by atoms with E-state index in [1.807, 2.05) is 6.07 Å². The van der Waals surface area contributed by atoms with Crippen LogP contribution in [0.1, 0.15) is 24.8 Å². The van der Waals surface area contributed by atoms with Gasteiger partial charge < -0.3 is 10.1 Å². The van der Waals surface area contributed by atoms with Gasteiger partial charge in [0.25, 0.3) is 0 Å². The van der Waals surface area contributed by atoms with Crippen molar-refractivity contribution in [2.75, 3.05) is 38.6 Å². The van der Waals surface area contributed by atoms with Gasteiger partial charge in [0.1, 0.15) is 5.82 Å². The standard InChI is InChI=1S/C17H23FN2O4S/c18-15-4-1-3-14(11-15)17(5-8-24-9-6-17)13-19-16(21)12-20-7-2-10-25(20,22)23/h1,3-4,11H,2,5-10,12-13H2,(H,19,21). The van der Waals surface area contributed by atoms with E-state index in [2.05, 4.69) is 5.32 Å². The average Bonchev–Trinajstić information content (AvgIpc) is 2.92. The molecule has 25 heavy (non-hydrogen) atoms. The third-order valence-electron chi connectivity index (χ3n) is 5.03. The summed E-state index contributed by atoms with van der Waals surface area (Å²) in [6.07, 6.45) is 1.91. The summed E-state index contributed by atoms with van der Waals surface area (Å²) in [5, 5.41) is 2.85. The van der Waals surface area contributed by atoms with Gasteiger partial charge in [-0.3, -0.25) is 4.79 Å². The van der Waals surface area contributed by atoms with Crippen molar-refractivity contribution in [3.05, 3.63) is 35.6 Å². The van der Waals surface area contributed by atoms with Gasteiger partial charge in [-0.05, 0) is 37.0 Å². The first-order valence-electron chi connectivity index (χ1n) is 8.50. The van der Waals surface area contributed by atoms with Crippen molar-refractivity contribution in [1.82, 2.24) is 9.62 Å². The highest BCUT2D eigenvalue weighted by Crippen LogP contribution is 2.34. The largest absolute Gasteiger partial charge is 0.381 e. The van der Waals surface area contributed by atoms with Crippen molar-refractivity contribution >= 4 is 15.9 Å². The zero-order valence-electron chi connectivity index (χ0n) is 14.0. The van der Waals surface area contributed by atoms with Crippen LogP contribution in [0.25, 0.3) is 0 Å². The molecule has 8 heteroatoms. The fraction of sp³-hybridized carbons (Fsp3) is 0.588. The lowest BCUT2D eigenvalue weighted by molar-refractivity contribution is -0.121. The van der Waals surface area contributed by atoms with Crippen molar-refractivity contribution in [1.29, 1.82) is 0 Å². The van der Waals surface area contributed by atoms with E-state index < -0.39 is 10.0 Å². The van der Waals surface area contributed by atoms with Crippen LogP contribution in [0.15, 0.2) is 24.3 Å². The molecule has 0 saturated carbocycles. The number of carbonyl (C=O) groups is 1. The summed E-state index contributed by atoms with van der Waals surface area (Å²) in [6.45, 7) is 1.67. The Kier molecular flexibility index (Phi) is 5.41. The third kappa shape index (κ3) is 4.19. The Morgan fingerprint density at radius 3 is 2.72 bits per heavy atom. The average molecular weight is 370 g/mol. The Hall–Kier alpha value is -1.51. The van der Waals surface area contributed by atoms with Crippen LogP contribution in [-0.4, -0.2) is 57.2 Å². The Morgan fingerprint density at radius 2 is 2.08 bits per heavy atom. The molecular formula is C17H23FN2O4S. The number of halogens is 1. The number of nitrogens with one attached hydrogen (secondary N) is 1. The normalized spacial score (nSPS) is 22.6. The highest BCUT2D eigenvalue weighted by molar-refractivity contribution is 7.89. The van der Waals surface area contributed by atoms with Crippen LogP contribution in [0.3, 0.4) is 0 Å². The SMILES string of the molecule is O=C(CN1CCCS1(=O)=O)NCC1(c2cccc(F)c2)CCOCC1. The number of amides is 1. The van der Waals surface area contributed by atoms with E-state index in [-0.39, 0.29) is 29.4 Å². The van der Waals surface area contributed by atoms with Gasteiger partial charge in [0.15, 0.2) is 0 Å². The molecule has 2 aliphatic heterocycles. The Balaban J connectivity index is 1.68. The molecule has 0 aromatic heterocycles. The predicted octanol–water partition coefficient (Wildman–Crippen LogP) is 1.03. The minimum atomic E-state index is -3.30. The molecule has 0 bridgehead atoms. The first-order valence-corrected chi connectivity index (χ1v) is 10.1. The van der Waals surface area contributed by atoms with Gasteiger partial charge in [-0.2, -0.15) is 4.31 Å². The second-order valence-corrected chi connectivity index (χ2v) is 8.77. The van der Waals surface area contributed by atoms with Gasteiger partial charge in [-0.15, -0.1) is 0 Å². The molecule has 0 aliphatic carbocycles. The van der Waals surface area contributed by atoms with Crippen LogP contribution in [0.2, 0.25) is 0 Å². The molecule has 0 radical (unpaired) electrons. The molecular weight excluding hydrogens is 347 g/mol. The van der Waals surface area contributed by atoms with Crippen LogP contribution in [-0.2, 0) is 25.0 Å². The van der Waals surface area contributed by atoms with Crippen molar-refractivity contribution in [3.63, 3.8) is 0 Å². The summed E-state index contributed by atoms with van der Waals surface area (Å²) >= 11 is 0. The number of carbonyl (C=O) groups excluding carboxylic acids is 1. The number of benzene rings is 1. The van der Waals surface area contributed by atoms with Crippen LogP contribution >= 0.6 is 0 Å². The molecule has 138 valence electrons. The monoisotopic (exact) mass is 370 g/mol. The summed E-state index contributed by atoms with van der Waals surface area (Å²) in [4.78, 5) is 12.2. The fourth-order valence-corrected chi connectivity index (χ4v) is 4.97. The van der Waals surface area contributed by atoms with E-state index in [0.29, 0.717) is 45.6 Å². The second kappa shape index (κ2) is 7.39. The summed E-state index contributed by atoms with van der Waals surface area (Å²) in [5.74, 6) is -0.532. The van der Waals surface area contributed by atoms with Crippen molar-refractivity contribution in [2.24, 2.45) is 0 Å². The lowest BCUT2D eigenvalue weighted by atomic mass is 9.74. The number of rotatable bonds is 5. The molecule has 2 fully saturated rings. The molecule has 1 aromatic carbocycles. The van der Waals surface area contributed by atoms with Crippen LogP contribution in [0.4, 0.5) is 4.39 Å². The zero-order chi connectivity index (χ0) is 17.9. The molecule has 0 atom stereocenters. The maximum Gasteiger partial charge on any atom is 0.235 e. The van der Waals surface area contributed by atoms with Crippen LogP contribution in [0.5, 0.6) is 0 Å². The Labute approximate surface area is 147 Å². The first kappa shape index (κ1) is 18.3. The van der Waals surface area contributed by atoms with E-state index in [4.69, 9.17) is 4.74 Å². The highest BCUT2D eigenvalue weighted by atomic mass is 32.2. The van der Waals surface area contributed by atoms with Gasteiger partial charge in [0.2, 0.25) is 15.9 Å². The van der Waals surface area contributed by atoms with Gasteiger partial charge in [0, 0.05) is 31.7 Å². The topological polar surface area (TPSA) is 75.7 Å². The number of sulfonamides is 1. The summed E-state index contributed by atoms with van der Waals surface area (Å²) in [5.41, 5.74) is 0.449. The third-order valence-corrected chi connectivity index (χ3v) is 6.94. The summed E-state index contributed by atoms with van der Waals surface area (Å²) in [6, 6.07) is 6.43. The van der Waals surface area contributed by atoms with Crippen LogP contribution < -0.4 is 5.32 Å². The molecule has 2 aliphatic rings. The number of hydrogen-bond acceptors (Lipinski definition) is 4. The number of hydrogen-bond donors (Lipinski definition) is 1. The lowest BCUT2D eigenvalue weighted by Crippen LogP contribution is -2.47. The Morgan fingerprint density at radius 1 is 1.32 bits per heavy atom. The van der Waals surface area contributed by atoms with Crippen LogP contribution in [0, 0.1) is 5.82 Å². The highest BCUT2D eigenvalue weighted by Gasteiger charge is 2.36. The molecule has 0 unspecified atom stereocenters. The summed E-state index contributed by atoms with van der Waals surface area (Å²) in [7, 11) is -3.30. The lowest BCUT2D eigenvalue weighted by Gasteiger charge is -2.38. The van der Waals surface area contributed by atoms with Gasteiger partial charge in [-0.1, -0.05) is 12.1 Å². The molecule has 0 spiro atoms. The van der Waals surface area contributed by atoms with E-state index in [1.54, 1.807) is 6.07 Å². The molecule has 2 saturated heterocycles. The molecule has 2 heterocycles. The Bertz CT molecular complexity index is 732.